The zero-order chi connectivity index (χ0) is 20.4. The van der Waals surface area contributed by atoms with Gasteiger partial charge >= 0.3 is 0 Å². The SMILES string of the molecule is COC(N[C@@H](C=O)Cc1ccccc1)C(OC)C(=O)[C@@H](N)Cc1ccccc1. The first-order valence-corrected chi connectivity index (χ1v) is 9.23. The lowest BCUT2D eigenvalue weighted by molar-refractivity contribution is -0.142. The molecule has 0 saturated heterocycles. The van der Waals surface area contributed by atoms with Gasteiger partial charge in [-0.1, -0.05) is 60.7 Å². The lowest BCUT2D eigenvalue weighted by Crippen LogP contribution is -2.55. The van der Waals surface area contributed by atoms with Crippen molar-refractivity contribution in [3.05, 3.63) is 71.8 Å². The Morgan fingerprint density at radius 1 is 0.964 bits per heavy atom. The van der Waals surface area contributed by atoms with E-state index in [9.17, 15) is 9.59 Å². The number of ketones is 1. The highest BCUT2D eigenvalue weighted by Gasteiger charge is 2.33. The van der Waals surface area contributed by atoms with Gasteiger partial charge in [0.2, 0.25) is 0 Å². The van der Waals surface area contributed by atoms with Crippen LogP contribution in [0.3, 0.4) is 0 Å². The highest BCUT2D eigenvalue weighted by molar-refractivity contribution is 5.89. The Hall–Kier alpha value is -2.38. The van der Waals surface area contributed by atoms with E-state index in [2.05, 4.69) is 5.32 Å². The number of rotatable bonds is 12. The van der Waals surface area contributed by atoms with Crippen LogP contribution < -0.4 is 11.1 Å². The van der Waals surface area contributed by atoms with Crippen molar-refractivity contribution in [2.75, 3.05) is 14.2 Å². The van der Waals surface area contributed by atoms with Crippen molar-refractivity contribution in [3.8, 4) is 0 Å². The fraction of sp³-hybridized carbons (Fsp3) is 0.364. The molecule has 6 nitrogen and oxygen atoms in total. The minimum Gasteiger partial charge on any atom is -0.369 e. The molecule has 0 saturated carbocycles. The van der Waals surface area contributed by atoms with Crippen LogP contribution in [0.4, 0.5) is 0 Å². The van der Waals surface area contributed by atoms with Crippen molar-refractivity contribution in [2.45, 2.75) is 37.3 Å². The smallest absolute Gasteiger partial charge is 0.182 e. The molecule has 2 aromatic rings. The molecule has 0 aliphatic rings. The fourth-order valence-electron chi connectivity index (χ4n) is 3.07. The Morgan fingerprint density at radius 2 is 1.50 bits per heavy atom. The summed E-state index contributed by atoms with van der Waals surface area (Å²) in [7, 11) is 2.89. The third-order valence-electron chi connectivity index (χ3n) is 4.57. The van der Waals surface area contributed by atoms with E-state index in [1.165, 1.54) is 14.2 Å². The van der Waals surface area contributed by atoms with Crippen molar-refractivity contribution < 1.29 is 19.1 Å². The molecule has 2 aromatic carbocycles. The molecule has 0 amide bonds. The molecular weight excluding hydrogens is 356 g/mol. The first kappa shape index (κ1) is 21.9. The number of carbonyl (C=O) groups is 2. The van der Waals surface area contributed by atoms with E-state index < -0.39 is 24.4 Å². The molecule has 0 aromatic heterocycles. The van der Waals surface area contributed by atoms with Crippen LogP contribution in [0.1, 0.15) is 11.1 Å². The Labute approximate surface area is 166 Å². The van der Waals surface area contributed by atoms with Crippen molar-refractivity contribution >= 4 is 12.1 Å². The number of methoxy groups -OCH3 is 2. The Kier molecular flexibility index (Phi) is 8.97. The van der Waals surface area contributed by atoms with Crippen LogP contribution in [-0.4, -0.2) is 50.7 Å². The number of hydrogen-bond acceptors (Lipinski definition) is 6. The molecule has 3 N–H and O–H groups in total. The molecule has 0 bridgehead atoms. The third-order valence-corrected chi connectivity index (χ3v) is 4.57. The van der Waals surface area contributed by atoms with Gasteiger partial charge in [0, 0.05) is 14.2 Å². The van der Waals surface area contributed by atoms with Crippen LogP contribution in [0.2, 0.25) is 0 Å². The summed E-state index contributed by atoms with van der Waals surface area (Å²) in [6, 6.07) is 17.9. The maximum absolute atomic E-state index is 12.8. The predicted octanol–water partition coefficient (Wildman–Crippen LogP) is 1.51. The Balaban J connectivity index is 2.03. The molecule has 150 valence electrons. The maximum Gasteiger partial charge on any atom is 0.182 e. The maximum atomic E-state index is 12.8. The molecule has 0 aliphatic heterocycles. The van der Waals surface area contributed by atoms with Crippen LogP contribution in [0.25, 0.3) is 0 Å². The molecule has 0 radical (unpaired) electrons. The number of carbonyl (C=O) groups excluding carboxylic acids is 2. The second-order valence-electron chi connectivity index (χ2n) is 6.61. The lowest BCUT2D eigenvalue weighted by atomic mass is 9.98. The topological polar surface area (TPSA) is 90.6 Å². The number of aldehydes is 1. The van der Waals surface area contributed by atoms with Crippen molar-refractivity contribution in [3.63, 3.8) is 0 Å². The molecule has 0 heterocycles. The average Bonchev–Trinajstić information content (AvgIpc) is 2.74. The van der Waals surface area contributed by atoms with Crippen LogP contribution in [0, 0.1) is 0 Å². The lowest BCUT2D eigenvalue weighted by Gasteiger charge is -2.29. The number of Topliss-reactive ketones (excluding diaryl/α,β-unsaturated/α-hetero) is 1. The van der Waals surface area contributed by atoms with E-state index >= 15 is 0 Å². The molecule has 28 heavy (non-hydrogen) atoms. The zero-order valence-corrected chi connectivity index (χ0v) is 16.3. The minimum absolute atomic E-state index is 0.282. The highest BCUT2D eigenvalue weighted by atomic mass is 16.5. The number of benzene rings is 2. The van der Waals surface area contributed by atoms with E-state index in [1.807, 2.05) is 60.7 Å². The summed E-state index contributed by atoms with van der Waals surface area (Å²) in [5.74, 6) is -0.282. The summed E-state index contributed by atoms with van der Waals surface area (Å²) < 4.78 is 10.8. The van der Waals surface area contributed by atoms with Crippen LogP contribution >= 0.6 is 0 Å². The van der Waals surface area contributed by atoms with Crippen molar-refractivity contribution in [1.82, 2.24) is 5.32 Å². The van der Waals surface area contributed by atoms with E-state index in [-0.39, 0.29) is 5.78 Å². The first-order valence-electron chi connectivity index (χ1n) is 9.23. The van der Waals surface area contributed by atoms with Gasteiger partial charge in [0.1, 0.15) is 12.5 Å². The summed E-state index contributed by atoms with van der Waals surface area (Å²) in [4.78, 5) is 24.4. The standard InChI is InChI=1S/C22H28N2O4/c1-27-21(20(26)19(23)14-17-11-7-4-8-12-17)22(28-2)24-18(15-25)13-16-9-5-3-6-10-16/h3-12,15,18-19,21-22,24H,13-14,23H2,1-2H3/t18-,19+,21?,22?/m1/s1. The van der Waals surface area contributed by atoms with Crippen LogP contribution in [-0.2, 0) is 31.9 Å². The van der Waals surface area contributed by atoms with Crippen LogP contribution in [0.5, 0.6) is 0 Å². The van der Waals surface area contributed by atoms with Gasteiger partial charge in [-0.2, -0.15) is 0 Å². The largest absolute Gasteiger partial charge is 0.369 e. The first-order chi connectivity index (χ1) is 13.6. The minimum atomic E-state index is -0.929. The van der Waals surface area contributed by atoms with E-state index in [0.717, 1.165) is 17.4 Å². The number of nitrogens with two attached hydrogens (primary N) is 1. The summed E-state index contributed by atoms with van der Waals surface area (Å²) in [6.07, 6.45) is -0.0394. The summed E-state index contributed by atoms with van der Waals surface area (Å²) in [6.45, 7) is 0. The van der Waals surface area contributed by atoms with Gasteiger partial charge in [0.15, 0.2) is 11.9 Å². The number of hydrogen-bond donors (Lipinski definition) is 2. The molecule has 0 fully saturated rings. The summed E-state index contributed by atoms with van der Waals surface area (Å²) in [5.41, 5.74) is 8.09. The van der Waals surface area contributed by atoms with E-state index in [1.54, 1.807) is 0 Å². The normalized spacial score (nSPS) is 15.4. The van der Waals surface area contributed by atoms with Gasteiger partial charge in [-0.05, 0) is 24.0 Å². The van der Waals surface area contributed by atoms with Gasteiger partial charge < -0.3 is 20.0 Å². The second-order valence-corrected chi connectivity index (χ2v) is 6.61. The molecule has 0 aliphatic carbocycles. The Morgan fingerprint density at radius 3 is 1.96 bits per heavy atom. The molecule has 4 atom stereocenters. The highest BCUT2D eigenvalue weighted by Crippen LogP contribution is 2.10. The van der Waals surface area contributed by atoms with Crippen LogP contribution in [0.15, 0.2) is 60.7 Å². The molecule has 0 spiro atoms. The van der Waals surface area contributed by atoms with E-state index in [0.29, 0.717) is 12.8 Å². The van der Waals surface area contributed by atoms with Crippen molar-refractivity contribution in [2.24, 2.45) is 5.73 Å². The molecule has 6 heteroatoms. The molecular formula is C22H28N2O4. The number of nitrogens with one attached hydrogen (secondary N) is 1. The summed E-state index contributed by atoms with van der Waals surface area (Å²) >= 11 is 0. The monoisotopic (exact) mass is 384 g/mol. The van der Waals surface area contributed by atoms with Gasteiger partial charge in [0.05, 0.1) is 12.1 Å². The molecule has 2 unspecified atom stereocenters. The van der Waals surface area contributed by atoms with Gasteiger partial charge in [-0.15, -0.1) is 0 Å². The predicted molar refractivity (Wildman–Crippen MR) is 108 cm³/mol. The Bertz CT molecular complexity index is 724. The summed E-state index contributed by atoms with van der Waals surface area (Å²) in [5, 5.41) is 3.06. The zero-order valence-electron chi connectivity index (χ0n) is 16.3. The quantitative estimate of drug-likeness (QED) is 0.426. The van der Waals surface area contributed by atoms with Gasteiger partial charge in [-0.25, -0.2) is 0 Å². The second kappa shape index (κ2) is 11.5. The average molecular weight is 384 g/mol. The van der Waals surface area contributed by atoms with Gasteiger partial charge in [-0.3, -0.25) is 10.1 Å². The fourth-order valence-corrected chi connectivity index (χ4v) is 3.07. The third kappa shape index (κ3) is 6.35. The van der Waals surface area contributed by atoms with Gasteiger partial charge in [0.25, 0.3) is 0 Å². The van der Waals surface area contributed by atoms with E-state index in [4.69, 9.17) is 15.2 Å². The number of ether oxygens (including phenoxy) is 2. The molecule has 2 rings (SSSR count). The van der Waals surface area contributed by atoms with Crippen molar-refractivity contribution in [1.29, 1.82) is 0 Å².